The van der Waals surface area contributed by atoms with Crippen molar-refractivity contribution in [3.8, 4) is 9.88 Å². The molecular formula is C15H14N4O2S2. The van der Waals surface area contributed by atoms with Crippen LogP contribution in [0.25, 0.3) is 9.88 Å². The van der Waals surface area contributed by atoms with Crippen LogP contribution in [0, 0.1) is 13.8 Å². The molecule has 1 amide bonds. The number of pyridine rings is 1. The number of carbonyl (C=O) groups excluding carboxylic acids is 1. The molecule has 118 valence electrons. The van der Waals surface area contributed by atoms with Crippen LogP contribution in [0.2, 0.25) is 0 Å². The number of aryl methyl sites for hydroxylation is 2. The number of thiophene rings is 1. The van der Waals surface area contributed by atoms with Crippen molar-refractivity contribution in [2.75, 3.05) is 5.32 Å². The molecule has 0 spiro atoms. The van der Waals surface area contributed by atoms with Gasteiger partial charge in [-0.25, -0.2) is 0 Å². The molecule has 23 heavy (non-hydrogen) atoms. The van der Waals surface area contributed by atoms with Gasteiger partial charge in [0.25, 0.3) is 0 Å². The Balaban J connectivity index is 1.72. The zero-order valence-corrected chi connectivity index (χ0v) is 14.2. The number of anilines is 1. The molecule has 3 heterocycles. The number of amides is 1. The van der Waals surface area contributed by atoms with Gasteiger partial charge in [-0.2, -0.15) is 0 Å². The molecule has 0 saturated carbocycles. The lowest BCUT2D eigenvalue weighted by molar-refractivity contribution is -0.116. The third-order valence-corrected chi connectivity index (χ3v) is 5.14. The zero-order valence-electron chi connectivity index (χ0n) is 12.6. The Morgan fingerprint density at radius 3 is 2.65 bits per heavy atom. The number of nitrogens with zero attached hydrogens (tertiary/aromatic N) is 3. The highest BCUT2D eigenvalue weighted by Gasteiger charge is 2.12. The summed E-state index contributed by atoms with van der Waals surface area (Å²) < 4.78 is 1.79. The molecule has 6 nitrogen and oxygen atoms in total. The number of hydrogen-bond acceptors (Lipinski definition) is 6. The lowest BCUT2D eigenvalue weighted by atomic mass is 10.3. The summed E-state index contributed by atoms with van der Waals surface area (Å²) in [4.78, 5) is 24.6. The number of hydrogen-bond donors (Lipinski definition) is 1. The van der Waals surface area contributed by atoms with Crippen molar-refractivity contribution in [1.82, 2.24) is 14.8 Å². The minimum atomic E-state index is -0.200. The fourth-order valence-electron chi connectivity index (χ4n) is 2.21. The van der Waals surface area contributed by atoms with E-state index in [9.17, 15) is 9.59 Å². The maximum absolute atomic E-state index is 12.2. The number of aromatic nitrogens is 3. The highest BCUT2D eigenvalue weighted by atomic mass is 32.1. The standard InChI is InChI=1S/C15H14N4O2S2/c1-9-6-11(20)7-10(2)19(9)8-13(21)16-15-18-17-14(23-15)12-4-3-5-22-12/h3-7H,8H2,1-2H3,(H,16,18,21). The predicted octanol–water partition coefficient (Wildman–Crippen LogP) is 2.68. The molecule has 3 rings (SSSR count). The molecule has 0 radical (unpaired) electrons. The van der Waals surface area contributed by atoms with Crippen LogP contribution < -0.4 is 10.7 Å². The van der Waals surface area contributed by atoms with Gasteiger partial charge in [0.05, 0.1) is 4.88 Å². The fourth-order valence-corrected chi connectivity index (χ4v) is 3.76. The second-order valence-electron chi connectivity index (χ2n) is 5.00. The summed E-state index contributed by atoms with van der Waals surface area (Å²) in [5, 5.41) is 14.1. The van der Waals surface area contributed by atoms with E-state index < -0.39 is 0 Å². The summed E-state index contributed by atoms with van der Waals surface area (Å²) >= 11 is 2.91. The minimum absolute atomic E-state index is 0.0543. The average molecular weight is 346 g/mol. The molecule has 0 aliphatic rings. The Morgan fingerprint density at radius 1 is 1.26 bits per heavy atom. The van der Waals surface area contributed by atoms with Gasteiger partial charge in [0, 0.05) is 23.5 Å². The summed E-state index contributed by atoms with van der Waals surface area (Å²) in [6, 6.07) is 6.94. The number of nitrogens with one attached hydrogen (secondary N) is 1. The molecule has 8 heteroatoms. The molecule has 3 aromatic heterocycles. The molecule has 1 N–H and O–H groups in total. The van der Waals surface area contributed by atoms with Crippen LogP contribution >= 0.6 is 22.7 Å². The number of rotatable bonds is 4. The van der Waals surface area contributed by atoms with Gasteiger partial charge >= 0.3 is 0 Å². The van der Waals surface area contributed by atoms with Crippen LogP contribution in [-0.4, -0.2) is 20.7 Å². The first-order valence-corrected chi connectivity index (χ1v) is 8.58. The van der Waals surface area contributed by atoms with Crippen LogP contribution in [0.4, 0.5) is 5.13 Å². The molecule has 0 saturated heterocycles. The molecule has 0 atom stereocenters. The summed E-state index contributed by atoms with van der Waals surface area (Å²) in [5.74, 6) is -0.200. The van der Waals surface area contributed by atoms with E-state index in [0.29, 0.717) is 5.13 Å². The number of carbonyl (C=O) groups is 1. The van der Waals surface area contributed by atoms with Gasteiger partial charge < -0.3 is 4.57 Å². The second kappa shape index (κ2) is 6.43. The van der Waals surface area contributed by atoms with Gasteiger partial charge in [-0.15, -0.1) is 21.5 Å². The van der Waals surface area contributed by atoms with Gasteiger partial charge in [0.2, 0.25) is 11.0 Å². The van der Waals surface area contributed by atoms with E-state index in [2.05, 4.69) is 15.5 Å². The summed E-state index contributed by atoms with van der Waals surface area (Å²) in [7, 11) is 0. The van der Waals surface area contributed by atoms with E-state index in [4.69, 9.17) is 0 Å². The van der Waals surface area contributed by atoms with Crippen molar-refractivity contribution >= 4 is 33.7 Å². The Kier molecular flexibility index (Phi) is 4.35. The molecule has 0 aliphatic heterocycles. The van der Waals surface area contributed by atoms with Crippen LogP contribution in [0.5, 0.6) is 0 Å². The smallest absolute Gasteiger partial charge is 0.246 e. The normalized spacial score (nSPS) is 10.7. The highest BCUT2D eigenvalue weighted by molar-refractivity contribution is 7.23. The molecule has 0 aromatic carbocycles. The zero-order chi connectivity index (χ0) is 16.4. The monoisotopic (exact) mass is 346 g/mol. The van der Waals surface area contributed by atoms with Crippen molar-refractivity contribution in [3.63, 3.8) is 0 Å². The summed E-state index contributed by atoms with van der Waals surface area (Å²) in [5.41, 5.74) is 1.45. The molecule has 0 fully saturated rings. The first-order chi connectivity index (χ1) is 11.0. The Bertz CT molecular complexity index is 870. The van der Waals surface area contributed by atoms with Crippen LogP contribution in [0.15, 0.2) is 34.4 Å². The summed E-state index contributed by atoms with van der Waals surface area (Å²) in [6.45, 7) is 3.74. The van der Waals surface area contributed by atoms with Crippen molar-refractivity contribution in [2.24, 2.45) is 0 Å². The molecular weight excluding hydrogens is 332 g/mol. The van der Waals surface area contributed by atoms with Gasteiger partial charge in [-0.3, -0.25) is 14.9 Å². The third-order valence-electron chi connectivity index (χ3n) is 3.26. The van der Waals surface area contributed by atoms with E-state index in [1.807, 2.05) is 31.4 Å². The van der Waals surface area contributed by atoms with Crippen LogP contribution in [0.1, 0.15) is 11.4 Å². The maximum atomic E-state index is 12.2. The van der Waals surface area contributed by atoms with E-state index in [1.54, 1.807) is 15.9 Å². The average Bonchev–Trinajstić information content (AvgIpc) is 3.13. The lowest BCUT2D eigenvalue weighted by Crippen LogP contribution is -2.23. The minimum Gasteiger partial charge on any atom is -0.340 e. The summed E-state index contributed by atoms with van der Waals surface area (Å²) in [6.07, 6.45) is 0. The lowest BCUT2D eigenvalue weighted by Gasteiger charge is -2.13. The van der Waals surface area contributed by atoms with Gasteiger partial charge in [0.1, 0.15) is 6.54 Å². The second-order valence-corrected chi connectivity index (χ2v) is 6.92. The first kappa shape index (κ1) is 15.6. The van der Waals surface area contributed by atoms with Crippen molar-refractivity contribution in [1.29, 1.82) is 0 Å². The molecule has 3 aromatic rings. The topological polar surface area (TPSA) is 76.9 Å². The maximum Gasteiger partial charge on any atom is 0.246 e. The fraction of sp³-hybridized carbons (Fsp3) is 0.200. The molecule has 0 unspecified atom stereocenters. The van der Waals surface area contributed by atoms with Gasteiger partial charge in [0.15, 0.2) is 10.4 Å². The van der Waals surface area contributed by atoms with Crippen molar-refractivity contribution in [3.05, 3.63) is 51.3 Å². The predicted molar refractivity (Wildman–Crippen MR) is 92.0 cm³/mol. The van der Waals surface area contributed by atoms with E-state index >= 15 is 0 Å². The largest absolute Gasteiger partial charge is 0.340 e. The Hall–Kier alpha value is -2.32. The van der Waals surface area contributed by atoms with Crippen molar-refractivity contribution in [2.45, 2.75) is 20.4 Å². The quantitative estimate of drug-likeness (QED) is 0.788. The van der Waals surface area contributed by atoms with Crippen LogP contribution in [0.3, 0.4) is 0 Å². The van der Waals surface area contributed by atoms with Gasteiger partial charge in [-0.1, -0.05) is 17.4 Å². The molecule has 0 bridgehead atoms. The third kappa shape index (κ3) is 3.54. The van der Waals surface area contributed by atoms with Crippen molar-refractivity contribution < 1.29 is 4.79 Å². The first-order valence-electron chi connectivity index (χ1n) is 6.88. The van der Waals surface area contributed by atoms with E-state index in [1.165, 1.54) is 23.5 Å². The van der Waals surface area contributed by atoms with E-state index in [-0.39, 0.29) is 17.9 Å². The Morgan fingerprint density at radius 2 is 2.00 bits per heavy atom. The highest BCUT2D eigenvalue weighted by Crippen LogP contribution is 2.29. The Labute approximate surface area is 140 Å². The molecule has 0 aliphatic carbocycles. The van der Waals surface area contributed by atoms with E-state index in [0.717, 1.165) is 21.3 Å². The van der Waals surface area contributed by atoms with Crippen LogP contribution in [-0.2, 0) is 11.3 Å². The SMILES string of the molecule is Cc1cc(=O)cc(C)n1CC(=O)Nc1nnc(-c2cccs2)s1. The van der Waals surface area contributed by atoms with Gasteiger partial charge in [-0.05, 0) is 25.3 Å².